The smallest absolute Gasteiger partial charge is 0.416 e. The monoisotopic (exact) mass is 498 g/mol. The van der Waals surface area contributed by atoms with Crippen LogP contribution in [0.5, 0.6) is 6.01 Å². The van der Waals surface area contributed by atoms with Gasteiger partial charge in [-0.25, -0.2) is 15.0 Å². The zero-order valence-corrected chi connectivity index (χ0v) is 20.0. The van der Waals surface area contributed by atoms with Crippen LogP contribution in [0.4, 0.5) is 24.0 Å². The number of unbranched alkanes of at least 4 members (excludes halogenated alkanes) is 2. The molecule has 0 bridgehead atoms. The summed E-state index contributed by atoms with van der Waals surface area (Å²) in [6.07, 6.45) is 2.62. The number of nitrogens with zero attached hydrogens (tertiary/aromatic N) is 3. The topological polar surface area (TPSA) is 59.9 Å². The Morgan fingerprint density at radius 1 is 0.943 bits per heavy atom. The van der Waals surface area contributed by atoms with Gasteiger partial charge in [-0.2, -0.15) is 13.2 Å². The molecule has 0 unspecified atom stereocenters. The van der Waals surface area contributed by atoms with Crippen LogP contribution in [0, 0.1) is 0 Å². The first-order chi connectivity index (χ1) is 16.9. The molecule has 4 rings (SSSR count). The van der Waals surface area contributed by atoms with Crippen molar-refractivity contribution in [3.05, 3.63) is 83.0 Å². The summed E-state index contributed by atoms with van der Waals surface area (Å²) in [5.41, 5.74) is 2.63. The molecule has 0 atom stereocenters. The maximum absolute atomic E-state index is 13.8. The molecule has 182 valence electrons. The highest BCUT2D eigenvalue weighted by Crippen LogP contribution is 2.36. The molecule has 0 aliphatic rings. The van der Waals surface area contributed by atoms with Gasteiger partial charge in [-0.15, -0.1) is 11.3 Å². The number of alkyl halides is 3. The first-order valence-electron chi connectivity index (χ1n) is 11.3. The Kier molecular flexibility index (Phi) is 7.97. The number of rotatable bonds is 10. The molecule has 0 radical (unpaired) electrons. The Labute approximate surface area is 206 Å². The minimum atomic E-state index is -4.43. The predicted octanol–water partition coefficient (Wildman–Crippen LogP) is 7.33. The van der Waals surface area contributed by atoms with E-state index in [0.717, 1.165) is 25.3 Å². The van der Waals surface area contributed by atoms with Gasteiger partial charge in [0.1, 0.15) is 0 Å². The fourth-order valence-electron chi connectivity index (χ4n) is 3.74. The second kappa shape index (κ2) is 11.3. The van der Waals surface area contributed by atoms with Gasteiger partial charge >= 0.3 is 12.2 Å². The molecule has 0 fully saturated rings. The van der Waals surface area contributed by atoms with Crippen LogP contribution in [0.2, 0.25) is 0 Å². The molecule has 9 heteroatoms. The summed E-state index contributed by atoms with van der Waals surface area (Å²) in [6, 6.07) is 14.8. The van der Waals surface area contributed by atoms with E-state index in [1.54, 1.807) is 29.9 Å². The Balaban J connectivity index is 1.38. The van der Waals surface area contributed by atoms with Crippen LogP contribution in [0.1, 0.15) is 36.0 Å². The van der Waals surface area contributed by atoms with E-state index in [0.29, 0.717) is 40.5 Å². The molecule has 0 aliphatic carbocycles. The molecule has 1 N–H and O–H groups in total. The van der Waals surface area contributed by atoms with E-state index in [1.165, 1.54) is 24.0 Å². The molecular weight excluding hydrogens is 473 g/mol. The molecule has 5 nitrogen and oxygen atoms in total. The highest BCUT2D eigenvalue weighted by Gasteiger charge is 2.33. The second-order valence-electron chi connectivity index (χ2n) is 8.04. The third kappa shape index (κ3) is 6.79. The van der Waals surface area contributed by atoms with Crippen LogP contribution in [-0.2, 0) is 19.0 Å². The van der Waals surface area contributed by atoms with Gasteiger partial charge in [-0.1, -0.05) is 42.8 Å². The molecule has 4 aromatic rings. The number of halogens is 3. The van der Waals surface area contributed by atoms with Gasteiger partial charge in [-0.05, 0) is 48.9 Å². The molecule has 0 saturated carbocycles. The van der Waals surface area contributed by atoms with Gasteiger partial charge in [0, 0.05) is 29.0 Å². The fraction of sp³-hybridized carbons (Fsp3) is 0.269. The summed E-state index contributed by atoms with van der Waals surface area (Å²) in [7, 11) is 1.48. The van der Waals surface area contributed by atoms with Crippen LogP contribution < -0.4 is 10.1 Å². The van der Waals surface area contributed by atoms with Crippen molar-refractivity contribution in [2.45, 2.75) is 38.3 Å². The molecule has 35 heavy (non-hydrogen) atoms. The number of hydrogen-bond acceptors (Lipinski definition) is 6. The van der Waals surface area contributed by atoms with Crippen molar-refractivity contribution in [1.82, 2.24) is 15.0 Å². The Hall–Kier alpha value is -3.46. The van der Waals surface area contributed by atoms with E-state index < -0.39 is 11.7 Å². The van der Waals surface area contributed by atoms with Crippen molar-refractivity contribution < 1.29 is 17.9 Å². The van der Waals surface area contributed by atoms with Gasteiger partial charge in [0.25, 0.3) is 0 Å². The maximum atomic E-state index is 13.8. The summed E-state index contributed by atoms with van der Waals surface area (Å²) in [4.78, 5) is 12.6. The van der Waals surface area contributed by atoms with Crippen LogP contribution in [-0.4, -0.2) is 22.1 Å². The van der Waals surface area contributed by atoms with Crippen LogP contribution in [0.25, 0.3) is 11.3 Å². The molecule has 0 saturated heterocycles. The zero-order valence-electron chi connectivity index (χ0n) is 19.2. The fourth-order valence-corrected chi connectivity index (χ4v) is 4.48. The molecule has 0 aliphatic heterocycles. The highest BCUT2D eigenvalue weighted by atomic mass is 32.1. The van der Waals surface area contributed by atoms with Crippen molar-refractivity contribution >= 4 is 22.2 Å². The number of benzene rings is 2. The molecule has 0 spiro atoms. The quantitative estimate of drug-likeness (QED) is 0.232. The SMILES string of the molecule is COc1ncc(-c2csc(Nc3ccc(CCCCCc4ccccc4)c(C(F)(F)F)c3)n2)cn1. The summed E-state index contributed by atoms with van der Waals surface area (Å²) >= 11 is 1.29. The molecule has 2 aromatic carbocycles. The number of nitrogens with one attached hydrogen (secondary N) is 1. The lowest BCUT2D eigenvalue weighted by Gasteiger charge is -2.15. The van der Waals surface area contributed by atoms with E-state index in [4.69, 9.17) is 4.74 Å². The zero-order chi connectivity index (χ0) is 24.7. The summed E-state index contributed by atoms with van der Waals surface area (Å²) in [5, 5.41) is 5.27. The van der Waals surface area contributed by atoms with Crippen molar-refractivity contribution in [2.24, 2.45) is 0 Å². The van der Waals surface area contributed by atoms with Crippen LogP contribution in [0.3, 0.4) is 0 Å². The standard InChI is InChI=1S/C26H25F3N4OS/c1-34-24-30-15-20(16-31-24)23-17-35-25(33-23)32-21-13-12-19(22(14-21)26(27,28)29)11-7-3-6-10-18-8-4-2-5-9-18/h2,4-5,8-9,12-17H,3,6-7,10-11H2,1H3,(H,32,33). The predicted molar refractivity (Wildman–Crippen MR) is 132 cm³/mol. The van der Waals surface area contributed by atoms with Crippen molar-refractivity contribution in [2.75, 3.05) is 12.4 Å². The maximum Gasteiger partial charge on any atom is 0.416 e. The summed E-state index contributed by atoms with van der Waals surface area (Å²) in [6.45, 7) is 0. The number of thiazole rings is 1. The van der Waals surface area contributed by atoms with Crippen molar-refractivity contribution in [1.29, 1.82) is 0 Å². The van der Waals surface area contributed by atoms with E-state index in [9.17, 15) is 13.2 Å². The first kappa shape index (κ1) is 24.7. The lowest BCUT2D eigenvalue weighted by molar-refractivity contribution is -0.138. The van der Waals surface area contributed by atoms with Crippen LogP contribution in [0.15, 0.2) is 66.3 Å². The lowest BCUT2D eigenvalue weighted by Crippen LogP contribution is -2.10. The van der Waals surface area contributed by atoms with Gasteiger partial charge in [-0.3, -0.25) is 0 Å². The average Bonchev–Trinajstić information content (AvgIpc) is 3.33. The number of ether oxygens (including phenoxy) is 1. The van der Waals surface area contributed by atoms with Crippen molar-refractivity contribution in [3.8, 4) is 17.3 Å². The largest absolute Gasteiger partial charge is 0.467 e. The third-order valence-corrected chi connectivity index (χ3v) is 6.29. The van der Waals surface area contributed by atoms with Gasteiger partial charge in [0.15, 0.2) is 5.13 Å². The molecule has 0 amide bonds. The Bertz CT molecular complexity index is 1230. The second-order valence-corrected chi connectivity index (χ2v) is 8.90. The highest BCUT2D eigenvalue weighted by molar-refractivity contribution is 7.14. The normalized spacial score (nSPS) is 11.4. The Morgan fingerprint density at radius 3 is 2.40 bits per heavy atom. The van der Waals surface area contributed by atoms with Gasteiger partial charge < -0.3 is 10.1 Å². The van der Waals surface area contributed by atoms with Gasteiger partial charge in [0.05, 0.1) is 18.4 Å². The van der Waals surface area contributed by atoms with E-state index in [2.05, 4.69) is 32.4 Å². The molecular formula is C26H25F3N4OS. The number of aryl methyl sites for hydroxylation is 2. The minimum absolute atomic E-state index is 0.248. The summed E-state index contributed by atoms with van der Waals surface area (Å²) in [5.74, 6) is 0. The van der Waals surface area contributed by atoms with E-state index in [-0.39, 0.29) is 6.01 Å². The number of aromatic nitrogens is 3. The van der Waals surface area contributed by atoms with E-state index >= 15 is 0 Å². The van der Waals surface area contributed by atoms with Crippen molar-refractivity contribution in [3.63, 3.8) is 0 Å². The third-order valence-electron chi connectivity index (χ3n) is 5.53. The lowest BCUT2D eigenvalue weighted by atomic mass is 9.99. The first-order valence-corrected chi connectivity index (χ1v) is 12.1. The average molecular weight is 499 g/mol. The number of hydrogen-bond donors (Lipinski definition) is 1. The minimum Gasteiger partial charge on any atom is -0.467 e. The Morgan fingerprint density at radius 2 is 1.69 bits per heavy atom. The van der Waals surface area contributed by atoms with Gasteiger partial charge in [0.2, 0.25) is 0 Å². The molecule has 2 aromatic heterocycles. The summed E-state index contributed by atoms with van der Waals surface area (Å²) < 4.78 is 46.3. The van der Waals surface area contributed by atoms with E-state index in [1.807, 2.05) is 18.2 Å². The van der Waals surface area contributed by atoms with Crippen LogP contribution >= 0.6 is 11.3 Å². The number of methoxy groups -OCH3 is 1. The molecule has 2 heterocycles. The number of anilines is 2.